The van der Waals surface area contributed by atoms with Crippen LogP contribution in [0.5, 0.6) is 5.75 Å². The molecular formula is C12H17ClN2O. The van der Waals surface area contributed by atoms with Crippen molar-refractivity contribution >= 4 is 11.6 Å². The normalized spacial score (nSPS) is 31.6. The van der Waals surface area contributed by atoms with Crippen molar-refractivity contribution < 1.29 is 4.74 Å². The number of ether oxygens (including phenoxy) is 1. The standard InChI is InChI=1S/C12H17ClN2O/c1-15-8-9(7-14-15)16-11-6-10(13)12(11)4-2-3-5-12/h7-8,10-11H,2-6H2,1H3. The Morgan fingerprint density at radius 2 is 2.25 bits per heavy atom. The van der Waals surface area contributed by atoms with E-state index in [1.807, 2.05) is 13.2 Å². The molecule has 3 nitrogen and oxygen atoms in total. The molecule has 1 spiro atoms. The van der Waals surface area contributed by atoms with Gasteiger partial charge < -0.3 is 4.74 Å². The van der Waals surface area contributed by atoms with E-state index < -0.39 is 0 Å². The molecule has 1 aromatic rings. The summed E-state index contributed by atoms with van der Waals surface area (Å²) in [6.07, 6.45) is 10.1. The minimum atomic E-state index is 0.261. The van der Waals surface area contributed by atoms with Gasteiger partial charge >= 0.3 is 0 Å². The summed E-state index contributed by atoms with van der Waals surface area (Å²) in [7, 11) is 1.91. The van der Waals surface area contributed by atoms with Crippen LogP contribution >= 0.6 is 11.6 Å². The Balaban J connectivity index is 1.72. The van der Waals surface area contributed by atoms with Gasteiger partial charge in [-0.05, 0) is 12.8 Å². The van der Waals surface area contributed by atoms with E-state index in [0.29, 0.717) is 11.5 Å². The Labute approximate surface area is 101 Å². The molecule has 0 aromatic carbocycles. The monoisotopic (exact) mass is 240 g/mol. The first-order valence-electron chi connectivity index (χ1n) is 6.00. The molecule has 1 heterocycles. The highest BCUT2D eigenvalue weighted by molar-refractivity contribution is 6.21. The predicted molar refractivity (Wildman–Crippen MR) is 62.8 cm³/mol. The Morgan fingerprint density at radius 1 is 1.50 bits per heavy atom. The summed E-state index contributed by atoms with van der Waals surface area (Å²) in [5.74, 6) is 0.877. The lowest BCUT2D eigenvalue weighted by Gasteiger charge is -2.50. The van der Waals surface area contributed by atoms with Crippen molar-refractivity contribution in [1.82, 2.24) is 9.78 Å². The van der Waals surface area contributed by atoms with Gasteiger partial charge in [-0.15, -0.1) is 11.6 Å². The third kappa shape index (κ3) is 1.45. The molecule has 3 rings (SSSR count). The maximum atomic E-state index is 6.38. The number of hydrogen-bond acceptors (Lipinski definition) is 2. The van der Waals surface area contributed by atoms with Crippen LogP contribution in [0.25, 0.3) is 0 Å². The number of nitrogens with zero attached hydrogens (tertiary/aromatic N) is 2. The average Bonchev–Trinajstić information content (AvgIpc) is 2.87. The van der Waals surface area contributed by atoms with Gasteiger partial charge in [-0.3, -0.25) is 4.68 Å². The second-order valence-corrected chi connectivity index (χ2v) is 5.63. The lowest BCUT2D eigenvalue weighted by atomic mass is 9.64. The van der Waals surface area contributed by atoms with E-state index in [1.165, 1.54) is 25.7 Å². The highest BCUT2D eigenvalue weighted by atomic mass is 35.5. The average molecular weight is 241 g/mol. The zero-order chi connectivity index (χ0) is 11.2. The van der Waals surface area contributed by atoms with Crippen molar-refractivity contribution in [2.45, 2.75) is 43.6 Å². The van der Waals surface area contributed by atoms with Gasteiger partial charge in [0.1, 0.15) is 6.10 Å². The van der Waals surface area contributed by atoms with Gasteiger partial charge in [0.2, 0.25) is 0 Å². The number of aromatic nitrogens is 2. The molecule has 88 valence electrons. The summed E-state index contributed by atoms with van der Waals surface area (Å²) in [5, 5.41) is 4.44. The molecule has 16 heavy (non-hydrogen) atoms. The Morgan fingerprint density at radius 3 is 2.81 bits per heavy atom. The largest absolute Gasteiger partial charge is 0.486 e. The number of hydrogen-bond donors (Lipinski definition) is 0. The van der Waals surface area contributed by atoms with Crippen molar-refractivity contribution in [3.63, 3.8) is 0 Å². The second kappa shape index (κ2) is 3.66. The number of alkyl halides is 1. The molecule has 2 aliphatic rings. The predicted octanol–water partition coefficient (Wildman–Crippen LogP) is 2.74. The van der Waals surface area contributed by atoms with Crippen molar-refractivity contribution in [1.29, 1.82) is 0 Å². The van der Waals surface area contributed by atoms with Crippen molar-refractivity contribution in [3.8, 4) is 5.75 Å². The molecule has 0 saturated heterocycles. The van der Waals surface area contributed by atoms with Gasteiger partial charge in [-0.2, -0.15) is 5.10 Å². The fraction of sp³-hybridized carbons (Fsp3) is 0.750. The molecule has 0 amide bonds. The minimum Gasteiger partial charge on any atom is -0.486 e. The smallest absolute Gasteiger partial charge is 0.157 e. The number of aryl methyl sites for hydroxylation is 1. The topological polar surface area (TPSA) is 27.1 Å². The van der Waals surface area contributed by atoms with E-state index in [-0.39, 0.29) is 5.41 Å². The fourth-order valence-corrected chi connectivity index (χ4v) is 3.68. The molecule has 2 fully saturated rings. The second-order valence-electron chi connectivity index (χ2n) is 5.10. The van der Waals surface area contributed by atoms with E-state index >= 15 is 0 Å². The molecule has 2 saturated carbocycles. The first-order chi connectivity index (χ1) is 7.71. The van der Waals surface area contributed by atoms with Crippen LogP contribution in [-0.2, 0) is 7.05 Å². The van der Waals surface area contributed by atoms with Crippen LogP contribution < -0.4 is 4.74 Å². The Bertz CT molecular complexity index is 384. The molecule has 0 radical (unpaired) electrons. The lowest BCUT2D eigenvalue weighted by Crippen LogP contribution is -2.55. The third-order valence-electron chi connectivity index (χ3n) is 4.18. The first-order valence-corrected chi connectivity index (χ1v) is 6.44. The zero-order valence-corrected chi connectivity index (χ0v) is 10.3. The third-order valence-corrected chi connectivity index (χ3v) is 4.79. The van der Waals surface area contributed by atoms with Gasteiger partial charge in [0.15, 0.2) is 5.75 Å². The molecular weight excluding hydrogens is 224 g/mol. The molecule has 2 aliphatic carbocycles. The van der Waals surface area contributed by atoms with Gasteiger partial charge in [-0.1, -0.05) is 12.8 Å². The molecule has 0 N–H and O–H groups in total. The summed E-state index contributed by atoms with van der Waals surface area (Å²) < 4.78 is 7.78. The van der Waals surface area contributed by atoms with Crippen molar-refractivity contribution in [3.05, 3.63) is 12.4 Å². The van der Waals surface area contributed by atoms with Crippen molar-refractivity contribution in [2.75, 3.05) is 0 Å². The maximum absolute atomic E-state index is 6.38. The summed E-state index contributed by atoms with van der Waals surface area (Å²) in [6, 6.07) is 0. The Kier molecular flexibility index (Phi) is 2.39. The van der Waals surface area contributed by atoms with Crippen LogP contribution in [0.4, 0.5) is 0 Å². The molecule has 1 aromatic heterocycles. The van der Waals surface area contributed by atoms with E-state index in [2.05, 4.69) is 5.10 Å². The van der Waals surface area contributed by atoms with Crippen LogP contribution in [0.2, 0.25) is 0 Å². The quantitative estimate of drug-likeness (QED) is 0.744. The van der Waals surface area contributed by atoms with Crippen molar-refractivity contribution in [2.24, 2.45) is 12.5 Å². The van der Waals surface area contributed by atoms with Crippen LogP contribution in [0.15, 0.2) is 12.4 Å². The summed E-state index contributed by atoms with van der Waals surface area (Å²) in [4.78, 5) is 0. The first kappa shape index (κ1) is 10.5. The van der Waals surface area contributed by atoms with E-state index in [9.17, 15) is 0 Å². The van der Waals surface area contributed by atoms with Crippen LogP contribution in [0.1, 0.15) is 32.1 Å². The minimum absolute atomic E-state index is 0.261. The van der Waals surface area contributed by atoms with E-state index in [1.54, 1.807) is 10.9 Å². The Hall–Kier alpha value is -0.700. The van der Waals surface area contributed by atoms with E-state index in [4.69, 9.17) is 16.3 Å². The molecule has 4 heteroatoms. The fourth-order valence-electron chi connectivity index (χ4n) is 3.16. The van der Waals surface area contributed by atoms with Crippen LogP contribution in [0.3, 0.4) is 0 Å². The molecule has 0 aliphatic heterocycles. The zero-order valence-electron chi connectivity index (χ0n) is 9.53. The summed E-state index contributed by atoms with van der Waals surface area (Å²) in [5.41, 5.74) is 0.261. The SMILES string of the molecule is Cn1cc(OC2CC(Cl)C23CCCC3)cn1. The van der Waals surface area contributed by atoms with Gasteiger partial charge in [-0.25, -0.2) is 0 Å². The van der Waals surface area contributed by atoms with E-state index in [0.717, 1.165) is 12.2 Å². The highest BCUT2D eigenvalue weighted by Crippen LogP contribution is 2.56. The maximum Gasteiger partial charge on any atom is 0.157 e. The van der Waals surface area contributed by atoms with Gasteiger partial charge in [0.05, 0.1) is 12.4 Å². The lowest BCUT2D eigenvalue weighted by molar-refractivity contribution is -0.0355. The molecule has 2 unspecified atom stereocenters. The van der Waals surface area contributed by atoms with Gasteiger partial charge in [0, 0.05) is 24.3 Å². The van der Waals surface area contributed by atoms with Crippen LogP contribution in [-0.4, -0.2) is 21.3 Å². The summed E-state index contributed by atoms with van der Waals surface area (Å²) in [6.45, 7) is 0. The summed E-state index contributed by atoms with van der Waals surface area (Å²) >= 11 is 6.38. The number of halogens is 1. The van der Waals surface area contributed by atoms with Crippen LogP contribution in [0, 0.1) is 5.41 Å². The molecule has 2 atom stereocenters. The van der Waals surface area contributed by atoms with Gasteiger partial charge in [0.25, 0.3) is 0 Å². The number of rotatable bonds is 2. The molecule has 0 bridgehead atoms. The highest BCUT2D eigenvalue weighted by Gasteiger charge is 2.57.